The maximum atomic E-state index is 12.2. The summed E-state index contributed by atoms with van der Waals surface area (Å²) in [5.74, 6) is 0.917. The minimum absolute atomic E-state index is 0.0970. The van der Waals surface area contributed by atoms with Crippen molar-refractivity contribution in [3.05, 3.63) is 65.2 Å². The summed E-state index contributed by atoms with van der Waals surface area (Å²) < 4.78 is 6.09. The highest BCUT2D eigenvalue weighted by molar-refractivity contribution is 5.94. The summed E-state index contributed by atoms with van der Waals surface area (Å²) in [6.07, 6.45) is 1.10. The lowest BCUT2D eigenvalue weighted by molar-refractivity contribution is 0.00590. The number of amides is 1. The van der Waals surface area contributed by atoms with E-state index in [0.717, 1.165) is 44.9 Å². The molecule has 4 rings (SSSR count). The van der Waals surface area contributed by atoms with Crippen LogP contribution < -0.4 is 10.1 Å². The van der Waals surface area contributed by atoms with Crippen molar-refractivity contribution in [1.82, 2.24) is 15.1 Å². The average molecular weight is 376 g/mol. The Bertz CT molecular complexity index is 842. The molecule has 2 heterocycles. The third-order valence-electron chi connectivity index (χ3n) is 5.43. The van der Waals surface area contributed by atoms with Gasteiger partial charge in [0.05, 0.1) is 11.6 Å². The summed E-state index contributed by atoms with van der Waals surface area (Å²) in [7, 11) is 0. The van der Waals surface area contributed by atoms with Crippen molar-refractivity contribution in [2.45, 2.75) is 12.6 Å². The van der Waals surface area contributed by atoms with E-state index in [1.165, 1.54) is 5.56 Å². The molecule has 1 N–H and O–H groups in total. The van der Waals surface area contributed by atoms with Gasteiger partial charge in [-0.15, -0.1) is 0 Å². The van der Waals surface area contributed by atoms with Crippen LogP contribution in [0, 0.1) is 11.3 Å². The molecular weight excluding hydrogens is 352 g/mol. The van der Waals surface area contributed by atoms with E-state index in [9.17, 15) is 4.79 Å². The first kappa shape index (κ1) is 18.5. The highest BCUT2D eigenvalue weighted by Crippen LogP contribution is 2.29. The van der Waals surface area contributed by atoms with Gasteiger partial charge in [0, 0.05) is 51.3 Å². The van der Waals surface area contributed by atoms with Crippen LogP contribution >= 0.6 is 0 Å². The van der Waals surface area contributed by atoms with Crippen molar-refractivity contribution >= 4 is 5.91 Å². The van der Waals surface area contributed by atoms with Crippen molar-refractivity contribution in [2.75, 3.05) is 39.3 Å². The van der Waals surface area contributed by atoms with Crippen LogP contribution in [-0.4, -0.2) is 61.2 Å². The quantitative estimate of drug-likeness (QED) is 0.863. The van der Waals surface area contributed by atoms with E-state index in [0.29, 0.717) is 17.7 Å². The molecule has 1 atom stereocenters. The highest BCUT2D eigenvalue weighted by atomic mass is 16.5. The van der Waals surface area contributed by atoms with Gasteiger partial charge in [-0.25, -0.2) is 0 Å². The number of nitrogens with zero attached hydrogens (tertiary/aromatic N) is 3. The van der Waals surface area contributed by atoms with Gasteiger partial charge in [0.2, 0.25) is 0 Å². The first-order valence-electron chi connectivity index (χ1n) is 9.72. The molecule has 6 heteroatoms. The molecular formula is C22H24N4O2. The van der Waals surface area contributed by atoms with Crippen LogP contribution in [0.1, 0.15) is 21.5 Å². The predicted octanol–water partition coefficient (Wildman–Crippen LogP) is 1.87. The van der Waals surface area contributed by atoms with Gasteiger partial charge in [-0.05, 0) is 35.9 Å². The summed E-state index contributed by atoms with van der Waals surface area (Å²) in [5, 5.41) is 11.8. The summed E-state index contributed by atoms with van der Waals surface area (Å²) in [6, 6.07) is 17.0. The largest absolute Gasteiger partial charge is 0.474 e. The molecule has 2 aromatic rings. The zero-order valence-electron chi connectivity index (χ0n) is 15.8. The summed E-state index contributed by atoms with van der Waals surface area (Å²) >= 11 is 0. The number of benzene rings is 2. The average Bonchev–Trinajstić information content (AvgIpc) is 3.18. The van der Waals surface area contributed by atoms with Crippen molar-refractivity contribution in [2.24, 2.45) is 0 Å². The molecule has 0 aromatic heterocycles. The zero-order valence-corrected chi connectivity index (χ0v) is 15.8. The van der Waals surface area contributed by atoms with E-state index >= 15 is 0 Å². The molecule has 0 radical (unpaired) electrons. The second kappa shape index (κ2) is 8.42. The van der Waals surface area contributed by atoms with Gasteiger partial charge >= 0.3 is 0 Å². The number of carbonyl (C=O) groups is 1. The molecule has 0 aliphatic carbocycles. The molecule has 6 nitrogen and oxygen atoms in total. The van der Waals surface area contributed by atoms with Gasteiger partial charge in [-0.3, -0.25) is 14.6 Å². The van der Waals surface area contributed by atoms with Gasteiger partial charge in [0.1, 0.15) is 5.75 Å². The molecule has 2 aliphatic heterocycles. The second-order valence-electron chi connectivity index (χ2n) is 7.21. The summed E-state index contributed by atoms with van der Waals surface area (Å²) in [5.41, 5.74) is 2.44. The molecule has 2 aliphatic rings. The number of nitrogens with one attached hydrogen (secondary N) is 1. The van der Waals surface area contributed by atoms with E-state index in [1.807, 2.05) is 12.1 Å². The molecule has 1 unspecified atom stereocenters. The maximum Gasteiger partial charge on any atom is 0.251 e. The van der Waals surface area contributed by atoms with Crippen LogP contribution in [0.15, 0.2) is 48.5 Å². The van der Waals surface area contributed by atoms with Crippen molar-refractivity contribution in [3.63, 3.8) is 0 Å². The number of rotatable bonds is 5. The molecule has 0 bridgehead atoms. The van der Waals surface area contributed by atoms with Crippen LogP contribution in [0.2, 0.25) is 0 Å². The molecule has 1 amide bonds. The van der Waals surface area contributed by atoms with Gasteiger partial charge in [0.15, 0.2) is 6.23 Å². The number of hydrogen-bond donors (Lipinski definition) is 1. The van der Waals surface area contributed by atoms with Crippen LogP contribution in [0.3, 0.4) is 0 Å². The van der Waals surface area contributed by atoms with E-state index in [-0.39, 0.29) is 12.1 Å². The van der Waals surface area contributed by atoms with Crippen LogP contribution in [-0.2, 0) is 6.42 Å². The van der Waals surface area contributed by atoms with Crippen LogP contribution in [0.4, 0.5) is 0 Å². The van der Waals surface area contributed by atoms with Crippen LogP contribution in [0.25, 0.3) is 0 Å². The molecule has 28 heavy (non-hydrogen) atoms. The number of carbonyl (C=O) groups excluding carboxylic acids is 1. The standard InChI is InChI=1S/C22H24N4O2/c23-16-17-5-7-18(8-6-17)22(27)24-9-10-25-11-13-26(14-12-25)21-15-19-3-1-2-4-20(19)28-21/h1-8,21H,9-15H2,(H,24,27). The SMILES string of the molecule is N#Cc1ccc(C(=O)NCCN2CCN(C3Cc4ccccc4O3)CC2)cc1. The Morgan fingerprint density at radius 2 is 1.86 bits per heavy atom. The van der Waals surface area contributed by atoms with E-state index in [1.54, 1.807) is 24.3 Å². The van der Waals surface area contributed by atoms with Crippen molar-refractivity contribution in [3.8, 4) is 11.8 Å². The number of fused-ring (bicyclic) bond motifs is 1. The van der Waals surface area contributed by atoms with E-state index in [2.05, 4.69) is 33.3 Å². The molecule has 0 saturated carbocycles. The second-order valence-corrected chi connectivity index (χ2v) is 7.21. The smallest absolute Gasteiger partial charge is 0.251 e. The van der Waals surface area contributed by atoms with Crippen molar-refractivity contribution in [1.29, 1.82) is 5.26 Å². The monoisotopic (exact) mass is 376 g/mol. The fourth-order valence-electron chi connectivity index (χ4n) is 3.77. The minimum atomic E-state index is -0.0970. The van der Waals surface area contributed by atoms with Crippen molar-refractivity contribution < 1.29 is 9.53 Å². The topological polar surface area (TPSA) is 68.6 Å². The Hall–Kier alpha value is -2.88. The molecule has 2 aromatic carbocycles. The first-order valence-corrected chi connectivity index (χ1v) is 9.72. The Kier molecular flexibility index (Phi) is 5.56. The van der Waals surface area contributed by atoms with E-state index < -0.39 is 0 Å². The predicted molar refractivity (Wildman–Crippen MR) is 106 cm³/mol. The summed E-state index contributed by atoms with van der Waals surface area (Å²) in [6.45, 7) is 5.35. The van der Waals surface area contributed by atoms with Crippen LogP contribution in [0.5, 0.6) is 5.75 Å². The third kappa shape index (κ3) is 4.16. The summed E-state index contributed by atoms with van der Waals surface area (Å²) in [4.78, 5) is 17.0. The third-order valence-corrected chi connectivity index (χ3v) is 5.43. The lowest BCUT2D eigenvalue weighted by Crippen LogP contribution is -2.52. The zero-order chi connectivity index (χ0) is 19.3. The molecule has 0 spiro atoms. The number of hydrogen-bond acceptors (Lipinski definition) is 5. The minimum Gasteiger partial charge on any atom is -0.474 e. The molecule has 1 fully saturated rings. The number of ether oxygens (including phenoxy) is 1. The Morgan fingerprint density at radius 1 is 1.11 bits per heavy atom. The maximum absolute atomic E-state index is 12.2. The normalized spacial score (nSPS) is 19.5. The lowest BCUT2D eigenvalue weighted by atomic mass is 10.1. The molecule has 144 valence electrons. The lowest BCUT2D eigenvalue weighted by Gasteiger charge is -2.37. The van der Waals surface area contributed by atoms with Gasteiger partial charge in [0.25, 0.3) is 5.91 Å². The van der Waals surface area contributed by atoms with Gasteiger partial charge < -0.3 is 10.1 Å². The van der Waals surface area contributed by atoms with Gasteiger partial charge in [-0.2, -0.15) is 5.26 Å². The fraction of sp³-hybridized carbons (Fsp3) is 0.364. The number of para-hydroxylation sites is 1. The Balaban J connectivity index is 1.18. The fourth-order valence-corrected chi connectivity index (χ4v) is 3.77. The first-order chi connectivity index (χ1) is 13.7. The van der Waals surface area contributed by atoms with E-state index in [4.69, 9.17) is 10.00 Å². The number of piperazine rings is 1. The number of nitriles is 1. The Morgan fingerprint density at radius 3 is 2.57 bits per heavy atom. The van der Waals surface area contributed by atoms with Gasteiger partial charge in [-0.1, -0.05) is 18.2 Å². The Labute approximate surface area is 165 Å². The highest BCUT2D eigenvalue weighted by Gasteiger charge is 2.30. The molecule has 1 saturated heterocycles.